The number of nitrogens with zero attached hydrogens (tertiary/aromatic N) is 2. The third-order valence-electron chi connectivity index (χ3n) is 4.92. The highest BCUT2D eigenvalue weighted by molar-refractivity contribution is 5.74. The van der Waals surface area contributed by atoms with Gasteiger partial charge in [-0.15, -0.1) is 0 Å². The Morgan fingerprint density at radius 1 is 1.16 bits per heavy atom. The van der Waals surface area contributed by atoms with E-state index in [1.165, 1.54) is 6.42 Å². The third-order valence-corrected chi connectivity index (χ3v) is 4.92. The summed E-state index contributed by atoms with van der Waals surface area (Å²) in [6, 6.07) is 0.817. The van der Waals surface area contributed by atoms with E-state index >= 15 is 0 Å². The molecular formula is C15H28N2O2. The highest BCUT2D eigenvalue weighted by atomic mass is 16.4. The molecule has 0 aromatic rings. The zero-order valence-electron chi connectivity index (χ0n) is 12.5. The fraction of sp³-hybridized carbons (Fsp3) is 0.933. The molecule has 2 aliphatic rings. The lowest BCUT2D eigenvalue weighted by Gasteiger charge is -2.31. The van der Waals surface area contributed by atoms with Crippen molar-refractivity contribution in [2.45, 2.75) is 64.6 Å². The molecule has 0 amide bonds. The first-order valence-electron chi connectivity index (χ1n) is 7.73. The topological polar surface area (TPSA) is 43.8 Å². The van der Waals surface area contributed by atoms with E-state index in [1.807, 2.05) is 0 Å². The lowest BCUT2D eigenvalue weighted by molar-refractivity contribution is -0.144. The Kier molecular flexibility index (Phi) is 4.85. The molecule has 1 N–H and O–H groups in total. The van der Waals surface area contributed by atoms with Crippen LogP contribution >= 0.6 is 0 Å². The van der Waals surface area contributed by atoms with Gasteiger partial charge in [0, 0.05) is 12.1 Å². The summed E-state index contributed by atoms with van der Waals surface area (Å²) in [5, 5.41) is 9.44. The molecular weight excluding hydrogens is 240 g/mol. The maximum Gasteiger partial charge on any atom is 0.321 e. The molecule has 0 spiro atoms. The number of hydrogen-bond donors (Lipinski definition) is 1. The molecule has 19 heavy (non-hydrogen) atoms. The quantitative estimate of drug-likeness (QED) is 0.851. The van der Waals surface area contributed by atoms with Crippen LogP contribution < -0.4 is 0 Å². The van der Waals surface area contributed by atoms with Crippen molar-refractivity contribution < 1.29 is 9.90 Å². The summed E-state index contributed by atoms with van der Waals surface area (Å²) in [6.07, 6.45) is 4.50. The Bertz CT molecular complexity index is 319. The average Bonchev–Trinajstić information content (AvgIpc) is 2.59. The molecule has 2 rings (SSSR count). The van der Waals surface area contributed by atoms with E-state index in [2.05, 4.69) is 30.6 Å². The van der Waals surface area contributed by atoms with E-state index in [1.54, 1.807) is 0 Å². The number of aliphatic carboxylic acids is 1. The number of rotatable bonds is 3. The number of carboxylic acids is 1. The normalized spacial score (nSPS) is 34.6. The molecule has 4 nitrogen and oxygen atoms in total. The van der Waals surface area contributed by atoms with Crippen molar-refractivity contribution in [3.63, 3.8) is 0 Å². The van der Waals surface area contributed by atoms with Crippen molar-refractivity contribution in [1.82, 2.24) is 9.80 Å². The molecule has 0 aromatic carbocycles. The van der Waals surface area contributed by atoms with Gasteiger partial charge in [0.2, 0.25) is 0 Å². The highest BCUT2D eigenvalue weighted by Gasteiger charge is 2.40. The van der Waals surface area contributed by atoms with Gasteiger partial charge in [0.1, 0.15) is 6.04 Å². The van der Waals surface area contributed by atoms with Crippen LogP contribution in [0.15, 0.2) is 0 Å². The molecule has 2 saturated heterocycles. The fourth-order valence-corrected chi connectivity index (χ4v) is 3.72. The molecule has 2 heterocycles. The monoisotopic (exact) mass is 268 g/mol. The van der Waals surface area contributed by atoms with Crippen LogP contribution in [0.25, 0.3) is 0 Å². The molecule has 0 radical (unpaired) electrons. The fourth-order valence-electron chi connectivity index (χ4n) is 3.72. The molecule has 4 heteroatoms. The summed E-state index contributed by atoms with van der Waals surface area (Å²) in [5.74, 6) is -0.336. The SMILES string of the molecule is CC1CCN(C2CCCN(C(C)C)CC2)C1C(=O)O. The Morgan fingerprint density at radius 2 is 1.89 bits per heavy atom. The Labute approximate surface area is 116 Å². The van der Waals surface area contributed by atoms with Crippen LogP contribution in [0.4, 0.5) is 0 Å². The molecule has 3 unspecified atom stereocenters. The van der Waals surface area contributed by atoms with Crippen LogP contribution in [0.2, 0.25) is 0 Å². The van der Waals surface area contributed by atoms with E-state index in [0.717, 1.165) is 38.9 Å². The lowest BCUT2D eigenvalue weighted by atomic mass is 10.0. The van der Waals surface area contributed by atoms with Crippen molar-refractivity contribution in [3.8, 4) is 0 Å². The van der Waals surface area contributed by atoms with E-state index in [0.29, 0.717) is 18.0 Å². The van der Waals surface area contributed by atoms with Crippen LogP contribution in [0.5, 0.6) is 0 Å². The van der Waals surface area contributed by atoms with Crippen LogP contribution in [-0.2, 0) is 4.79 Å². The molecule has 0 aliphatic carbocycles. The van der Waals surface area contributed by atoms with Gasteiger partial charge in [-0.2, -0.15) is 0 Å². The minimum Gasteiger partial charge on any atom is -0.480 e. The molecule has 2 fully saturated rings. The van der Waals surface area contributed by atoms with Crippen LogP contribution in [-0.4, -0.2) is 58.6 Å². The number of carbonyl (C=O) groups is 1. The molecule has 0 bridgehead atoms. The van der Waals surface area contributed by atoms with Gasteiger partial charge in [-0.3, -0.25) is 9.69 Å². The smallest absolute Gasteiger partial charge is 0.321 e. The second kappa shape index (κ2) is 6.23. The average molecular weight is 268 g/mol. The molecule has 0 aromatic heterocycles. The van der Waals surface area contributed by atoms with Crippen molar-refractivity contribution in [3.05, 3.63) is 0 Å². The third kappa shape index (κ3) is 3.29. The first-order chi connectivity index (χ1) is 9.00. The second-order valence-corrected chi connectivity index (χ2v) is 6.50. The molecule has 110 valence electrons. The Hall–Kier alpha value is -0.610. The van der Waals surface area contributed by atoms with Crippen LogP contribution in [0, 0.1) is 5.92 Å². The van der Waals surface area contributed by atoms with Crippen molar-refractivity contribution in [1.29, 1.82) is 0 Å². The largest absolute Gasteiger partial charge is 0.480 e. The summed E-state index contributed by atoms with van der Waals surface area (Å²) >= 11 is 0. The Morgan fingerprint density at radius 3 is 2.53 bits per heavy atom. The van der Waals surface area contributed by atoms with Crippen molar-refractivity contribution in [2.24, 2.45) is 5.92 Å². The summed E-state index contributed by atoms with van der Waals surface area (Å²) in [5.41, 5.74) is 0. The minimum absolute atomic E-state index is 0.254. The number of carboxylic acid groups (broad SMARTS) is 1. The number of hydrogen-bond acceptors (Lipinski definition) is 3. The van der Waals surface area contributed by atoms with Crippen LogP contribution in [0.1, 0.15) is 46.5 Å². The van der Waals surface area contributed by atoms with E-state index < -0.39 is 5.97 Å². The van der Waals surface area contributed by atoms with Gasteiger partial charge in [-0.1, -0.05) is 6.92 Å². The van der Waals surface area contributed by atoms with E-state index in [4.69, 9.17) is 0 Å². The van der Waals surface area contributed by atoms with Crippen LogP contribution in [0.3, 0.4) is 0 Å². The summed E-state index contributed by atoms with van der Waals surface area (Å²) in [4.78, 5) is 16.3. The van der Waals surface area contributed by atoms with Crippen molar-refractivity contribution in [2.75, 3.05) is 19.6 Å². The van der Waals surface area contributed by atoms with Gasteiger partial charge in [-0.05, 0) is 65.1 Å². The van der Waals surface area contributed by atoms with Gasteiger partial charge < -0.3 is 10.0 Å². The molecule has 3 atom stereocenters. The van der Waals surface area contributed by atoms with E-state index in [-0.39, 0.29) is 6.04 Å². The highest BCUT2D eigenvalue weighted by Crippen LogP contribution is 2.30. The summed E-state index contributed by atoms with van der Waals surface area (Å²) in [7, 11) is 0. The summed E-state index contributed by atoms with van der Waals surface area (Å²) in [6.45, 7) is 9.81. The maximum absolute atomic E-state index is 11.5. The summed E-state index contributed by atoms with van der Waals surface area (Å²) < 4.78 is 0. The Balaban J connectivity index is 2.00. The predicted octanol–water partition coefficient (Wildman–Crippen LogP) is 2.04. The predicted molar refractivity (Wildman–Crippen MR) is 76.3 cm³/mol. The van der Waals surface area contributed by atoms with Crippen molar-refractivity contribution >= 4 is 5.97 Å². The van der Waals surface area contributed by atoms with Gasteiger partial charge in [0.25, 0.3) is 0 Å². The van der Waals surface area contributed by atoms with Gasteiger partial charge >= 0.3 is 5.97 Å². The molecule has 2 aliphatic heterocycles. The van der Waals surface area contributed by atoms with Gasteiger partial charge in [0.15, 0.2) is 0 Å². The maximum atomic E-state index is 11.5. The zero-order valence-corrected chi connectivity index (χ0v) is 12.5. The lowest BCUT2D eigenvalue weighted by Crippen LogP contribution is -2.45. The second-order valence-electron chi connectivity index (χ2n) is 6.50. The van der Waals surface area contributed by atoms with E-state index in [9.17, 15) is 9.90 Å². The first kappa shape index (κ1) is 14.8. The first-order valence-corrected chi connectivity index (χ1v) is 7.73. The minimum atomic E-state index is -0.630. The zero-order chi connectivity index (χ0) is 14.0. The standard InChI is InChI=1S/C15H28N2O2/c1-11(2)16-8-4-5-13(7-9-16)17-10-6-12(3)14(17)15(18)19/h11-14H,4-10H2,1-3H3,(H,18,19). The van der Waals surface area contributed by atoms with Gasteiger partial charge in [0.05, 0.1) is 0 Å². The molecule has 0 saturated carbocycles. The van der Waals surface area contributed by atoms with Gasteiger partial charge in [-0.25, -0.2) is 0 Å². The number of likely N-dealkylation sites (tertiary alicyclic amines) is 2.